The van der Waals surface area contributed by atoms with E-state index in [4.69, 9.17) is 0 Å². The summed E-state index contributed by atoms with van der Waals surface area (Å²) in [7, 11) is 0. The Morgan fingerprint density at radius 2 is 0.200 bits per heavy atom. The second kappa shape index (κ2) is 169. The summed E-state index contributed by atoms with van der Waals surface area (Å²) in [5, 5.41) is 0. The summed E-state index contributed by atoms with van der Waals surface area (Å²) in [5.41, 5.74) is 0. The molecule has 0 aromatic carbocycles. The maximum Gasteiger partial charge on any atom is 0 e. The first-order valence-corrected chi connectivity index (χ1v) is 0. The maximum absolute atomic E-state index is 0. The van der Waals surface area contributed by atoms with E-state index < -0.39 is 0 Å². The van der Waals surface area contributed by atoms with Crippen molar-refractivity contribution in [3.63, 3.8) is 0 Å². The Bertz CT molecular complexity index is 9.71. The van der Waals surface area contributed by atoms with Gasteiger partial charge in [-0.1, -0.05) is 0 Å². The Morgan fingerprint density at radius 3 is 0.200 bits per heavy atom. The Balaban J connectivity index is 0. The molecule has 0 aromatic rings. The molecule has 0 aliphatic rings. The first-order chi connectivity index (χ1) is 0. The average Bonchev–Trinajstić information content (AvgIpc) is 0. The van der Waals surface area contributed by atoms with Crippen molar-refractivity contribution in [1.29, 1.82) is 0 Å². The Hall–Kier alpha value is 2.88. The molecule has 10 heteroatoms. The van der Waals surface area contributed by atoms with Crippen LogP contribution in [0.15, 0.2) is 0 Å². The Morgan fingerprint density at radius 1 is 0.200 bits per heavy atom. The van der Waals surface area contributed by atoms with Crippen LogP contribution in [0.25, 0.3) is 0 Å². The van der Waals surface area contributed by atoms with Gasteiger partial charge in [0.1, 0.15) is 0 Å². The van der Waals surface area contributed by atoms with Crippen molar-refractivity contribution in [2.75, 3.05) is 0 Å². The third-order valence-electron chi connectivity index (χ3n) is 0. The molecule has 0 nitrogen and oxygen atoms in total. The van der Waals surface area contributed by atoms with Gasteiger partial charge in [0.05, 0.1) is 0 Å². The van der Waals surface area contributed by atoms with Crippen molar-refractivity contribution in [3.8, 4) is 0 Å². The molecule has 0 aliphatic carbocycles. The molecule has 0 saturated carbocycles. The summed E-state index contributed by atoms with van der Waals surface area (Å²) in [4.78, 5) is 0. The van der Waals surface area contributed by atoms with Gasteiger partial charge in [0.2, 0.25) is 0 Å². The first kappa shape index (κ1) is 219. The Labute approximate surface area is 127 Å². The molecule has 0 spiro atoms. The SMILES string of the molecule is [B].[B].[B].[B].[B].[B].[Zn].[Zn].[Zn].[Zn]. The van der Waals surface area contributed by atoms with Gasteiger partial charge < -0.3 is 0 Å². The van der Waals surface area contributed by atoms with Gasteiger partial charge in [-0.15, -0.1) is 0 Å². The van der Waals surface area contributed by atoms with E-state index in [-0.39, 0.29) is 128 Å². The van der Waals surface area contributed by atoms with Gasteiger partial charge in [0.25, 0.3) is 0 Å². The smallest absolute Gasteiger partial charge is 0 e. The molecule has 0 atom stereocenters. The van der Waals surface area contributed by atoms with Gasteiger partial charge in [-0.3, -0.25) is 0 Å². The van der Waals surface area contributed by atoms with E-state index in [1.54, 1.807) is 0 Å². The molecule has 10 heavy (non-hydrogen) atoms. The second-order valence-corrected chi connectivity index (χ2v) is 0. The van der Waals surface area contributed by atoms with E-state index in [0.29, 0.717) is 0 Å². The van der Waals surface area contributed by atoms with Crippen LogP contribution in [0.1, 0.15) is 0 Å². The molecular weight excluding hydrogens is 326 g/mol. The molecule has 0 saturated heterocycles. The van der Waals surface area contributed by atoms with Gasteiger partial charge in [-0.25, -0.2) is 0 Å². The van der Waals surface area contributed by atoms with Gasteiger partial charge >= 0.3 is 0 Å². The standard InChI is InChI=1S/6B.4Zn. The van der Waals surface area contributed by atoms with E-state index in [1.807, 2.05) is 0 Å². The molecule has 0 bridgehead atoms. The van der Waals surface area contributed by atoms with Crippen LogP contribution in [0, 0.1) is 0 Å². The predicted molar refractivity (Wildman–Crippen MR) is 34.5 cm³/mol. The molecule has 18 radical (unpaired) electrons. The average molecular weight is 326 g/mol. The van der Waals surface area contributed by atoms with E-state index in [0.717, 1.165) is 0 Å². The van der Waals surface area contributed by atoms with Gasteiger partial charge in [0.15, 0.2) is 0 Å². The summed E-state index contributed by atoms with van der Waals surface area (Å²) in [6.45, 7) is 0. The zero-order chi connectivity index (χ0) is 0. The molecule has 0 aliphatic heterocycles. The van der Waals surface area contributed by atoms with Crippen LogP contribution in [-0.4, -0.2) is 50.5 Å². The van der Waals surface area contributed by atoms with Crippen molar-refractivity contribution >= 4 is 50.5 Å². The van der Waals surface area contributed by atoms with Crippen LogP contribution in [0.2, 0.25) is 0 Å². The van der Waals surface area contributed by atoms with Gasteiger partial charge in [-0.2, -0.15) is 0 Å². The zero-order valence-electron chi connectivity index (χ0n) is 6.29. The van der Waals surface area contributed by atoms with E-state index in [9.17, 15) is 0 Å². The first-order valence-electron chi connectivity index (χ1n) is 0. The van der Waals surface area contributed by atoms with Crippen LogP contribution in [-0.2, 0) is 77.9 Å². The van der Waals surface area contributed by atoms with Crippen LogP contribution < -0.4 is 0 Å². The minimum atomic E-state index is 0. The third kappa shape index (κ3) is 128. The van der Waals surface area contributed by atoms with Crippen molar-refractivity contribution in [1.82, 2.24) is 0 Å². The van der Waals surface area contributed by atoms with Crippen LogP contribution in [0.4, 0.5) is 0 Å². The number of rotatable bonds is 0. The zero-order valence-corrected chi connectivity index (χ0v) is 18.2. The predicted octanol–water partition coefficient (Wildman–Crippen LogP) is -2.29. The van der Waals surface area contributed by atoms with Gasteiger partial charge in [0, 0.05) is 128 Å². The van der Waals surface area contributed by atoms with E-state index >= 15 is 0 Å². The molecule has 0 fully saturated rings. The molecular formula is B6Zn4. The van der Waals surface area contributed by atoms with E-state index in [1.165, 1.54) is 0 Å². The third-order valence-corrected chi connectivity index (χ3v) is 0. The number of hydrogen-bond donors (Lipinski definition) is 0. The topological polar surface area (TPSA) is 0 Å². The summed E-state index contributed by atoms with van der Waals surface area (Å²) in [6, 6.07) is 0. The molecule has 26 valence electrons. The van der Waals surface area contributed by atoms with Crippen molar-refractivity contribution in [2.45, 2.75) is 0 Å². The number of hydrogen-bond acceptors (Lipinski definition) is 0. The monoisotopic (exact) mass is 322 g/mol. The van der Waals surface area contributed by atoms with Crippen LogP contribution >= 0.6 is 0 Å². The molecule has 0 aromatic heterocycles. The molecule has 0 rings (SSSR count). The fourth-order valence-corrected chi connectivity index (χ4v) is 0. The van der Waals surface area contributed by atoms with Crippen molar-refractivity contribution in [2.24, 2.45) is 0 Å². The molecule has 0 unspecified atom stereocenters. The normalized spacial score (nSPS) is 0. The summed E-state index contributed by atoms with van der Waals surface area (Å²) < 4.78 is 0. The summed E-state index contributed by atoms with van der Waals surface area (Å²) >= 11 is 0. The fourth-order valence-electron chi connectivity index (χ4n) is 0. The minimum absolute atomic E-state index is 0. The molecule has 0 heterocycles. The molecule has 0 amide bonds. The summed E-state index contributed by atoms with van der Waals surface area (Å²) in [5.74, 6) is 0. The van der Waals surface area contributed by atoms with Gasteiger partial charge in [-0.05, 0) is 0 Å². The van der Waals surface area contributed by atoms with Crippen molar-refractivity contribution < 1.29 is 77.9 Å². The largest absolute Gasteiger partial charge is 0 e. The Kier molecular flexibility index (Phi) is 3710. The van der Waals surface area contributed by atoms with Crippen molar-refractivity contribution in [3.05, 3.63) is 0 Å². The quantitative estimate of drug-likeness (QED) is 0.440. The molecule has 0 N–H and O–H groups in total. The van der Waals surface area contributed by atoms with Crippen LogP contribution in [0.3, 0.4) is 0 Å². The second-order valence-electron chi connectivity index (χ2n) is 0. The van der Waals surface area contributed by atoms with E-state index in [2.05, 4.69) is 0 Å². The van der Waals surface area contributed by atoms with Crippen LogP contribution in [0.5, 0.6) is 0 Å². The fraction of sp³-hybridized carbons (Fsp3) is 0. The summed E-state index contributed by atoms with van der Waals surface area (Å²) in [6.07, 6.45) is 0. The minimum Gasteiger partial charge on any atom is 0 e. The maximum atomic E-state index is 0.